The maximum atomic E-state index is 13.1. The smallest absolute Gasteiger partial charge is 0.302 e. The van der Waals surface area contributed by atoms with Crippen LogP contribution in [0.4, 0.5) is 0 Å². The number of allylic oxidation sites excluding steroid dienone is 14. The van der Waals surface area contributed by atoms with Gasteiger partial charge in [0.1, 0.15) is 11.7 Å². The minimum atomic E-state index is -1.11. The first-order valence-electron chi connectivity index (χ1n) is 17.1. The molecule has 3 fully saturated rings. The number of aliphatic hydroxyl groups is 2. The lowest BCUT2D eigenvalue weighted by molar-refractivity contribution is -0.152. The third kappa shape index (κ3) is 9.66. The van der Waals surface area contributed by atoms with E-state index < -0.39 is 16.8 Å². The number of fused-ring (bicyclic) bond motifs is 1. The van der Waals surface area contributed by atoms with Crippen LogP contribution in [0.2, 0.25) is 0 Å². The standard InChI is InChI=1S/C42H58O6/c1-29(18-14-19-31(3)22-23-37-38(6,7)26-35(47-33(5)43)27-40(37,10)46)16-12-13-17-30(2)20-15-21-32(4)36(45)28-42-39(8,9)24-34(44)25-41(42,11)48-42/h12-22,34-35,44,46H,24-28H2,1-11H3/b13-12+,18-14+,20-15+,29-16+,30-17+,31-19+,32-21+/t23?,34-,35-,40-,41+,42-/m0/s1. The topological polar surface area (TPSA) is 96.4 Å². The molecular formula is C42H58O6. The highest BCUT2D eigenvalue weighted by Gasteiger charge is 2.76. The fourth-order valence-electron chi connectivity index (χ4n) is 7.76. The van der Waals surface area contributed by atoms with Crippen LogP contribution in [0.5, 0.6) is 0 Å². The highest BCUT2D eigenvalue weighted by Crippen LogP contribution is 2.67. The molecule has 0 aromatic heterocycles. The fourth-order valence-corrected chi connectivity index (χ4v) is 7.76. The van der Waals surface area contributed by atoms with Crippen LogP contribution >= 0.6 is 0 Å². The molecule has 6 heteroatoms. The summed E-state index contributed by atoms with van der Waals surface area (Å²) >= 11 is 0. The van der Waals surface area contributed by atoms with E-state index in [1.54, 1.807) is 6.92 Å². The van der Waals surface area contributed by atoms with Gasteiger partial charge in [0.05, 0.1) is 17.3 Å². The van der Waals surface area contributed by atoms with Gasteiger partial charge in [0, 0.05) is 31.8 Å². The van der Waals surface area contributed by atoms with Gasteiger partial charge in [-0.2, -0.15) is 0 Å². The summed E-state index contributed by atoms with van der Waals surface area (Å²) in [5, 5.41) is 21.4. The van der Waals surface area contributed by atoms with Gasteiger partial charge in [0.2, 0.25) is 0 Å². The van der Waals surface area contributed by atoms with E-state index in [9.17, 15) is 19.8 Å². The summed E-state index contributed by atoms with van der Waals surface area (Å²) in [6.07, 6.45) is 23.6. The van der Waals surface area contributed by atoms with Crippen LogP contribution in [-0.4, -0.2) is 51.0 Å². The van der Waals surface area contributed by atoms with Crippen molar-refractivity contribution in [2.75, 3.05) is 0 Å². The summed E-state index contributed by atoms with van der Waals surface area (Å²) in [5.74, 6) is -0.244. The van der Waals surface area contributed by atoms with Gasteiger partial charge >= 0.3 is 5.97 Å². The van der Waals surface area contributed by atoms with E-state index in [0.717, 1.165) is 22.3 Å². The first-order valence-corrected chi connectivity index (χ1v) is 17.1. The van der Waals surface area contributed by atoms with E-state index >= 15 is 0 Å². The molecule has 0 bridgehead atoms. The Kier molecular flexibility index (Phi) is 12.3. The minimum Gasteiger partial charge on any atom is -0.462 e. The first kappa shape index (κ1) is 39.2. The van der Waals surface area contributed by atoms with Gasteiger partial charge in [-0.05, 0) is 82.4 Å². The molecule has 2 aliphatic carbocycles. The summed E-state index contributed by atoms with van der Waals surface area (Å²) in [7, 11) is 0. The third-order valence-electron chi connectivity index (χ3n) is 10.1. The Hall–Kier alpha value is -3.28. The molecule has 0 unspecified atom stereocenters. The molecule has 1 heterocycles. The van der Waals surface area contributed by atoms with Crippen molar-refractivity contribution in [3.05, 3.63) is 100 Å². The number of carbonyl (C=O) groups excluding carboxylic acids is 2. The fraction of sp³-hybridized carbons (Fsp3) is 0.548. The van der Waals surface area contributed by atoms with Gasteiger partial charge in [-0.15, -0.1) is 5.73 Å². The summed E-state index contributed by atoms with van der Waals surface area (Å²) < 4.78 is 11.6. The van der Waals surface area contributed by atoms with E-state index in [-0.39, 0.29) is 34.8 Å². The molecule has 1 saturated heterocycles. The number of ether oxygens (including phenoxy) is 2. The molecule has 0 aromatic rings. The Balaban J connectivity index is 1.54. The maximum Gasteiger partial charge on any atom is 0.302 e. The monoisotopic (exact) mass is 658 g/mol. The molecule has 3 aliphatic rings. The molecule has 2 N–H and O–H groups in total. The van der Waals surface area contributed by atoms with Crippen LogP contribution in [0.3, 0.4) is 0 Å². The zero-order chi connectivity index (χ0) is 36.1. The van der Waals surface area contributed by atoms with Gasteiger partial charge in [-0.3, -0.25) is 9.59 Å². The van der Waals surface area contributed by atoms with Gasteiger partial charge in [-0.25, -0.2) is 0 Å². The van der Waals surface area contributed by atoms with Crippen LogP contribution in [0.15, 0.2) is 100 Å². The Labute approximate surface area is 289 Å². The number of hydrogen-bond acceptors (Lipinski definition) is 6. The first-order chi connectivity index (χ1) is 22.1. The Morgan fingerprint density at radius 2 is 1.38 bits per heavy atom. The summed E-state index contributed by atoms with van der Waals surface area (Å²) in [5.41, 5.74) is 5.35. The average Bonchev–Trinajstić information content (AvgIpc) is 3.53. The molecule has 0 radical (unpaired) electrons. The van der Waals surface area contributed by atoms with Crippen molar-refractivity contribution in [3.8, 4) is 0 Å². The predicted octanol–water partition coefficient (Wildman–Crippen LogP) is 8.69. The Morgan fingerprint density at radius 1 is 0.812 bits per heavy atom. The lowest BCUT2D eigenvalue weighted by atomic mass is 9.61. The van der Waals surface area contributed by atoms with Gasteiger partial charge in [0.15, 0.2) is 5.78 Å². The van der Waals surface area contributed by atoms with Crippen molar-refractivity contribution in [1.29, 1.82) is 0 Å². The highest BCUT2D eigenvalue weighted by molar-refractivity contribution is 5.96. The van der Waals surface area contributed by atoms with E-state index in [4.69, 9.17) is 9.47 Å². The zero-order valence-electron chi connectivity index (χ0n) is 31.1. The van der Waals surface area contributed by atoms with E-state index in [1.165, 1.54) is 6.92 Å². The molecule has 6 nitrogen and oxygen atoms in total. The number of Topliss-reactive ketones (excluding diaryl/α,β-unsaturated/α-hetero) is 1. The quantitative estimate of drug-likeness (QED) is 0.0758. The lowest BCUT2D eigenvalue weighted by Crippen LogP contribution is -2.48. The van der Waals surface area contributed by atoms with E-state index in [1.807, 2.05) is 115 Å². The number of carbonyl (C=O) groups is 2. The van der Waals surface area contributed by atoms with Crippen LogP contribution in [0.1, 0.15) is 108 Å². The van der Waals surface area contributed by atoms with Crippen LogP contribution in [-0.2, 0) is 19.1 Å². The van der Waals surface area contributed by atoms with Crippen LogP contribution in [0.25, 0.3) is 0 Å². The summed E-state index contributed by atoms with van der Waals surface area (Å²) in [4.78, 5) is 24.5. The molecule has 262 valence electrons. The molecule has 0 spiro atoms. The number of ketones is 1. The normalized spacial score (nSPS) is 32.4. The molecule has 2 saturated carbocycles. The van der Waals surface area contributed by atoms with Crippen LogP contribution < -0.4 is 0 Å². The van der Waals surface area contributed by atoms with Crippen molar-refractivity contribution in [2.24, 2.45) is 10.8 Å². The SMILES string of the molecule is CC(=O)O[C@H]1CC(C)(C)C(=C=C/C(C)=C/C=C/C(C)=C/C=C/C=C(C)/C=C/C=C(\C)C(=O)C[C@@]23O[C@]2(C)C[C@@H](O)CC3(C)C)[C@@](C)(O)C1. The maximum absolute atomic E-state index is 13.1. The molecule has 1 aliphatic heterocycles. The van der Waals surface area contributed by atoms with Crippen molar-refractivity contribution >= 4 is 11.8 Å². The molecule has 0 aromatic carbocycles. The van der Waals surface area contributed by atoms with Crippen LogP contribution in [0, 0.1) is 10.8 Å². The average molecular weight is 659 g/mol. The van der Waals surface area contributed by atoms with Crippen molar-refractivity contribution in [2.45, 2.75) is 137 Å². The molecular weight excluding hydrogens is 600 g/mol. The van der Waals surface area contributed by atoms with E-state index in [2.05, 4.69) is 19.6 Å². The number of rotatable bonds is 11. The zero-order valence-corrected chi connectivity index (χ0v) is 31.1. The van der Waals surface area contributed by atoms with Gasteiger partial charge in [-0.1, -0.05) is 99.6 Å². The van der Waals surface area contributed by atoms with Crippen molar-refractivity contribution in [3.63, 3.8) is 0 Å². The molecule has 48 heavy (non-hydrogen) atoms. The van der Waals surface area contributed by atoms with Crippen molar-refractivity contribution < 1.29 is 29.3 Å². The highest BCUT2D eigenvalue weighted by atomic mass is 16.6. The molecule has 5 atom stereocenters. The lowest BCUT2D eigenvalue weighted by Gasteiger charge is -2.44. The predicted molar refractivity (Wildman–Crippen MR) is 194 cm³/mol. The number of aliphatic hydroxyl groups excluding tert-OH is 1. The number of hydrogen-bond donors (Lipinski definition) is 2. The second-order valence-electron chi connectivity index (χ2n) is 15.9. The Bertz CT molecular complexity index is 1510. The number of esters is 1. The third-order valence-corrected chi connectivity index (χ3v) is 10.1. The van der Waals surface area contributed by atoms with Gasteiger partial charge in [0.25, 0.3) is 0 Å². The minimum absolute atomic E-state index is 0.0816. The summed E-state index contributed by atoms with van der Waals surface area (Å²) in [6, 6.07) is 0. The van der Waals surface area contributed by atoms with Gasteiger partial charge < -0.3 is 19.7 Å². The number of epoxide rings is 1. The molecule has 0 amide bonds. The molecule has 3 rings (SSSR count). The second kappa shape index (κ2) is 15.1. The largest absolute Gasteiger partial charge is 0.462 e. The second-order valence-corrected chi connectivity index (χ2v) is 15.9. The van der Waals surface area contributed by atoms with Crippen molar-refractivity contribution in [1.82, 2.24) is 0 Å². The Morgan fingerprint density at radius 3 is 1.92 bits per heavy atom. The summed E-state index contributed by atoms with van der Waals surface area (Å²) in [6.45, 7) is 21.4. The van der Waals surface area contributed by atoms with E-state index in [0.29, 0.717) is 37.7 Å².